The number of hydrogen-bond donors (Lipinski definition) is 0. The lowest BCUT2D eigenvalue weighted by molar-refractivity contribution is 0.437. The summed E-state index contributed by atoms with van der Waals surface area (Å²) in [5.74, 6) is 1.62. The molecule has 60 heavy (non-hydrogen) atoms. The Kier molecular flexibility index (Phi) is 6.59. The maximum Gasteiger partial charge on any atom is 0.156 e. The summed E-state index contributed by atoms with van der Waals surface area (Å²) in [5, 5.41) is 4.38. The van der Waals surface area contributed by atoms with E-state index in [2.05, 4.69) is 181 Å². The molecule has 0 saturated heterocycles. The predicted octanol–water partition coefficient (Wildman–Crippen LogP) is 16.3. The Morgan fingerprint density at radius 1 is 0.467 bits per heavy atom. The highest BCUT2D eigenvalue weighted by atomic mass is 32.1. The van der Waals surface area contributed by atoms with Crippen LogP contribution in [0.3, 0.4) is 0 Å². The summed E-state index contributed by atoms with van der Waals surface area (Å²) in [5.41, 5.74) is 12.1. The Hall–Kier alpha value is -6.98. The normalized spacial score (nSPS) is 14.3. The van der Waals surface area contributed by atoms with Gasteiger partial charge in [-0.05, 0) is 107 Å². The number of para-hydroxylation sites is 2. The number of benzene rings is 9. The topological polar surface area (TPSA) is 12.5 Å². The second kappa shape index (κ2) is 12.8. The first kappa shape index (κ1) is 31.0. The number of thiophene rings is 2. The first-order valence-electron chi connectivity index (χ1n) is 21.7. The number of rotatable bonds is 4. The summed E-state index contributed by atoms with van der Waals surface area (Å²) in [4.78, 5) is 2.35. The van der Waals surface area contributed by atoms with E-state index in [4.69, 9.17) is 8.85 Å². The summed E-state index contributed by atoms with van der Waals surface area (Å²) in [7, 11) is 0. The van der Waals surface area contributed by atoms with Crippen LogP contribution in [0.1, 0.15) is 31.9 Å². The van der Waals surface area contributed by atoms with Crippen LogP contribution in [0.15, 0.2) is 194 Å². The maximum atomic E-state index is 8.24. The minimum atomic E-state index is -2.21. The third-order valence-electron chi connectivity index (χ3n) is 12.6. The second-order valence-corrected chi connectivity index (χ2v) is 17.9. The molecule has 2 aliphatic rings. The largest absolute Gasteiger partial charge is 0.454 e. The molecule has 282 valence electrons. The average Bonchev–Trinajstić information content (AvgIpc) is 3.97. The Labute approximate surface area is 360 Å². The number of ether oxygens (including phenoxy) is 1. The van der Waals surface area contributed by atoms with Crippen molar-refractivity contribution < 1.29 is 8.85 Å². The van der Waals surface area contributed by atoms with E-state index in [1.807, 2.05) is 23.5 Å². The molecule has 0 unspecified atom stereocenters. The van der Waals surface area contributed by atoms with Crippen molar-refractivity contribution in [1.29, 1.82) is 0 Å². The molecule has 0 N–H and O–H groups in total. The Bertz CT molecular complexity index is 3630. The minimum absolute atomic E-state index is 0.340. The molecular formula is C56H35NOS2. The zero-order chi connectivity index (χ0) is 42.0. The van der Waals surface area contributed by atoms with Crippen molar-refractivity contribution in [2.45, 2.75) is 12.3 Å². The van der Waals surface area contributed by atoms with Crippen molar-refractivity contribution in [1.82, 2.24) is 0 Å². The number of aryl methyl sites for hydroxylation is 1. The fourth-order valence-corrected chi connectivity index (χ4v) is 12.4. The smallest absolute Gasteiger partial charge is 0.156 e. The van der Waals surface area contributed by atoms with Crippen LogP contribution in [0.2, 0.25) is 0 Å². The summed E-state index contributed by atoms with van der Waals surface area (Å²) in [6.45, 7) is -2.21. The number of anilines is 3. The van der Waals surface area contributed by atoms with Crippen LogP contribution in [0.4, 0.5) is 17.1 Å². The summed E-state index contributed by atoms with van der Waals surface area (Å²) < 4.78 is 36.6. The van der Waals surface area contributed by atoms with Crippen LogP contribution in [0.25, 0.3) is 62.6 Å². The summed E-state index contributed by atoms with van der Waals surface area (Å²) in [6, 6.07) is 69.0. The summed E-state index contributed by atoms with van der Waals surface area (Å²) >= 11 is 3.50. The lowest BCUT2D eigenvalue weighted by Gasteiger charge is -2.41. The van der Waals surface area contributed by atoms with Gasteiger partial charge in [-0.15, -0.1) is 22.7 Å². The lowest BCUT2D eigenvalue weighted by Crippen LogP contribution is -2.32. The number of fused-ring (bicyclic) bond motifs is 15. The van der Waals surface area contributed by atoms with Crippen molar-refractivity contribution in [3.05, 3.63) is 222 Å². The molecule has 0 bridgehead atoms. The van der Waals surface area contributed by atoms with Gasteiger partial charge in [0.15, 0.2) is 5.75 Å². The van der Waals surface area contributed by atoms with E-state index >= 15 is 0 Å². The lowest BCUT2D eigenvalue weighted by atomic mass is 9.66. The van der Waals surface area contributed by atoms with E-state index in [1.54, 1.807) is 17.4 Å². The van der Waals surface area contributed by atoms with Crippen LogP contribution in [-0.2, 0) is 5.41 Å². The molecule has 3 heterocycles. The molecule has 13 rings (SSSR count). The van der Waals surface area contributed by atoms with Crippen molar-refractivity contribution in [2.75, 3.05) is 4.90 Å². The van der Waals surface area contributed by atoms with Crippen molar-refractivity contribution >= 4 is 80.1 Å². The van der Waals surface area contributed by atoms with Gasteiger partial charge in [-0.1, -0.05) is 133 Å². The molecule has 0 saturated carbocycles. The molecule has 0 atom stereocenters. The highest BCUT2D eigenvalue weighted by Crippen LogP contribution is 2.64. The Morgan fingerprint density at radius 3 is 1.82 bits per heavy atom. The third kappa shape index (κ3) is 4.69. The average molecular weight is 805 g/mol. The fourth-order valence-electron chi connectivity index (χ4n) is 10.2. The summed E-state index contributed by atoms with van der Waals surface area (Å²) in [6.07, 6.45) is 0. The molecule has 0 fully saturated rings. The van der Waals surface area contributed by atoms with Crippen LogP contribution < -0.4 is 9.64 Å². The highest BCUT2D eigenvalue weighted by molar-refractivity contribution is 7.26. The molecule has 1 aliphatic heterocycles. The van der Waals surface area contributed by atoms with Gasteiger partial charge in [-0.25, -0.2) is 0 Å². The van der Waals surface area contributed by atoms with Crippen molar-refractivity contribution in [2.24, 2.45) is 0 Å². The zero-order valence-corrected chi connectivity index (χ0v) is 33.8. The molecule has 11 aromatic rings. The van der Waals surface area contributed by atoms with E-state index in [0.717, 1.165) is 59.9 Å². The molecule has 0 amide bonds. The van der Waals surface area contributed by atoms with Crippen LogP contribution in [0.5, 0.6) is 11.5 Å². The molecule has 1 aliphatic carbocycles. The van der Waals surface area contributed by atoms with Gasteiger partial charge in [0.1, 0.15) is 5.75 Å². The SMILES string of the molecule is [2H]C([2H])([2H])c1ccc2sc3ccc(N(c4ccc5sc6cccc(-c7ccccc7)c6c5c4)c4cccc5c4Oc4ccccc4C54c5ccccc5-c5ccccc54)cc3c2c1. The Balaban J connectivity index is 1.11. The van der Waals surface area contributed by atoms with Crippen LogP contribution >= 0.6 is 22.7 Å². The predicted molar refractivity (Wildman–Crippen MR) is 254 cm³/mol. The van der Waals surface area contributed by atoms with E-state index in [9.17, 15) is 0 Å². The minimum Gasteiger partial charge on any atom is -0.454 e. The van der Waals surface area contributed by atoms with Gasteiger partial charge in [0.25, 0.3) is 0 Å². The number of hydrogen-bond acceptors (Lipinski definition) is 4. The first-order valence-corrected chi connectivity index (χ1v) is 21.9. The standard InChI is InChI=1S/C56H35NOS2/c1-34-25-28-50-41(31-34)42-32-36(26-29-51(42)59-50)57(37-27-30-52-43(33-37)54-38(17-11-24-53(54)60-52)35-13-3-2-4-14-35)48-22-12-21-47-55(48)58-49-23-10-9-20-46(49)56(47)44-18-7-5-15-39(44)40-16-6-8-19-45(40)56/h2-33H,1H3/i1D3. The molecule has 2 aromatic heterocycles. The van der Waals surface area contributed by atoms with Gasteiger partial charge in [0, 0.05) is 67.0 Å². The maximum absolute atomic E-state index is 8.24. The van der Waals surface area contributed by atoms with Gasteiger partial charge in [-0.2, -0.15) is 0 Å². The van der Waals surface area contributed by atoms with E-state index in [0.29, 0.717) is 5.56 Å². The van der Waals surface area contributed by atoms with Crippen molar-refractivity contribution in [3.63, 3.8) is 0 Å². The molecule has 0 radical (unpaired) electrons. The first-order chi connectivity index (χ1) is 30.9. The van der Waals surface area contributed by atoms with Gasteiger partial charge in [0.2, 0.25) is 0 Å². The molecule has 4 heteroatoms. The molecule has 9 aromatic carbocycles. The van der Waals surface area contributed by atoms with Gasteiger partial charge in [-0.3, -0.25) is 0 Å². The van der Waals surface area contributed by atoms with Gasteiger partial charge in [0.05, 0.1) is 11.1 Å². The third-order valence-corrected chi connectivity index (χ3v) is 14.9. The Morgan fingerprint density at radius 2 is 1.05 bits per heavy atom. The van der Waals surface area contributed by atoms with Gasteiger partial charge >= 0.3 is 0 Å². The molecular weight excluding hydrogens is 767 g/mol. The van der Waals surface area contributed by atoms with E-state index < -0.39 is 12.3 Å². The van der Waals surface area contributed by atoms with Crippen LogP contribution in [-0.4, -0.2) is 0 Å². The van der Waals surface area contributed by atoms with Gasteiger partial charge < -0.3 is 9.64 Å². The second-order valence-electron chi connectivity index (χ2n) is 15.7. The van der Waals surface area contributed by atoms with Crippen molar-refractivity contribution in [3.8, 4) is 33.8 Å². The highest BCUT2D eigenvalue weighted by Gasteiger charge is 2.51. The van der Waals surface area contributed by atoms with E-state index in [-0.39, 0.29) is 0 Å². The molecule has 2 nitrogen and oxygen atoms in total. The zero-order valence-electron chi connectivity index (χ0n) is 35.1. The quantitative estimate of drug-likeness (QED) is 0.176. The fraction of sp³-hybridized carbons (Fsp3) is 0.0357. The van der Waals surface area contributed by atoms with E-state index in [1.165, 1.54) is 53.6 Å². The number of nitrogens with zero attached hydrogens (tertiary/aromatic N) is 1. The molecule has 1 spiro atoms. The monoisotopic (exact) mass is 804 g/mol. The van der Waals surface area contributed by atoms with Crippen LogP contribution in [0, 0.1) is 6.85 Å².